The van der Waals surface area contributed by atoms with Crippen LogP contribution < -0.4 is 0 Å². The maximum Gasteiger partial charge on any atom is 0.331 e. The molecule has 1 aromatic rings. The Bertz CT molecular complexity index is 1510. The number of aliphatic hydroxyl groups is 2. The molecule has 0 amide bonds. The van der Waals surface area contributed by atoms with E-state index in [1.165, 1.54) is 13.0 Å². The number of rotatable bonds is 6. The average molecular weight is 639 g/mol. The summed E-state index contributed by atoms with van der Waals surface area (Å²) < 4.78 is 23.4. The molecule has 0 unspecified atom stereocenters. The number of carbonyl (C=O) groups is 5. The van der Waals surface area contributed by atoms with E-state index in [9.17, 15) is 34.2 Å². The molecular weight excluding hydrogens is 596 g/mol. The fraction of sp³-hybridized carbons (Fsp3) is 0.514. The van der Waals surface area contributed by atoms with E-state index < -0.39 is 89.0 Å². The van der Waals surface area contributed by atoms with Gasteiger partial charge in [-0.05, 0) is 35.3 Å². The van der Waals surface area contributed by atoms with E-state index in [1.54, 1.807) is 39.0 Å². The second kappa shape index (κ2) is 12.6. The number of benzene rings is 1. The van der Waals surface area contributed by atoms with E-state index in [1.807, 2.05) is 18.2 Å². The molecule has 11 nitrogen and oxygen atoms in total. The fourth-order valence-corrected chi connectivity index (χ4v) is 7.57. The first kappa shape index (κ1) is 34.8. The van der Waals surface area contributed by atoms with Crippen LogP contribution in [0, 0.1) is 16.7 Å². The maximum atomic E-state index is 13.6. The SMILES string of the molecule is C=C1[C@@H](OC(=O)/C=C/c2ccccc2)C[C@H](O)[C@@]2(C)[C@@H](OC(C)=O)[C@H](OC(C)=O)C3=C(C)C(=O)C[C@@](O)([C@@H](OC(C)=O)[C@H]12)C3(C)C. The number of ether oxygens (including phenoxy) is 4. The highest BCUT2D eigenvalue weighted by atomic mass is 16.6. The minimum atomic E-state index is -2.14. The Morgan fingerprint density at radius 2 is 1.48 bits per heavy atom. The molecule has 3 aliphatic rings. The Hall–Kier alpha value is -4.09. The number of aliphatic hydroxyl groups excluding tert-OH is 1. The molecule has 248 valence electrons. The monoisotopic (exact) mass is 638 g/mol. The van der Waals surface area contributed by atoms with Crippen LogP contribution in [0.5, 0.6) is 0 Å². The molecular formula is C35H42O11. The zero-order chi connectivity index (χ0) is 34.4. The zero-order valence-corrected chi connectivity index (χ0v) is 27.2. The lowest BCUT2D eigenvalue weighted by Crippen LogP contribution is -2.73. The standard InChI is InChI=1S/C35H42O11/c1-18-24(39)17-35(42)31(44-21(4)37)29-19(2)25(46-27(41)15-14-23-12-10-9-11-13-23)16-26(40)34(29,8)32(45-22(5)38)30(43-20(3)36)28(18)33(35,6)7/h9-15,25-26,29-32,40,42H,2,16-17H2,1,3-8H3/b15-14+/t25-,26-,29-,30+,31-,32-,34+,35+/m0/s1. The smallest absolute Gasteiger partial charge is 0.331 e. The van der Waals surface area contributed by atoms with Crippen molar-refractivity contribution in [3.63, 3.8) is 0 Å². The van der Waals surface area contributed by atoms with E-state index >= 15 is 0 Å². The molecule has 1 aromatic carbocycles. The molecule has 2 fully saturated rings. The van der Waals surface area contributed by atoms with Crippen molar-refractivity contribution in [2.24, 2.45) is 16.7 Å². The predicted molar refractivity (Wildman–Crippen MR) is 164 cm³/mol. The minimum Gasteiger partial charge on any atom is -0.459 e. The van der Waals surface area contributed by atoms with Gasteiger partial charge in [-0.25, -0.2) is 4.79 Å². The van der Waals surface area contributed by atoms with Gasteiger partial charge in [-0.15, -0.1) is 0 Å². The van der Waals surface area contributed by atoms with Gasteiger partial charge in [0.1, 0.15) is 17.8 Å². The molecule has 8 atom stereocenters. The molecule has 0 radical (unpaired) electrons. The van der Waals surface area contributed by atoms with Gasteiger partial charge in [0.25, 0.3) is 0 Å². The van der Waals surface area contributed by atoms with Gasteiger partial charge in [0.2, 0.25) is 0 Å². The highest BCUT2D eigenvalue weighted by molar-refractivity contribution is 5.98. The van der Waals surface area contributed by atoms with Crippen LogP contribution in [0.1, 0.15) is 66.9 Å². The van der Waals surface area contributed by atoms with Crippen molar-refractivity contribution in [3.05, 3.63) is 65.3 Å². The van der Waals surface area contributed by atoms with E-state index in [2.05, 4.69) is 6.58 Å². The number of hydrogen-bond donors (Lipinski definition) is 2. The van der Waals surface area contributed by atoms with Crippen molar-refractivity contribution < 1.29 is 53.1 Å². The van der Waals surface area contributed by atoms with E-state index in [0.29, 0.717) is 0 Å². The van der Waals surface area contributed by atoms with Crippen LogP contribution in [0.2, 0.25) is 0 Å². The summed E-state index contributed by atoms with van der Waals surface area (Å²) in [6, 6.07) is 9.04. The molecule has 2 bridgehead atoms. The number of allylic oxidation sites excluding steroid dienone is 1. The number of Topliss-reactive ketones (excluding diaryl/α,β-unsaturated/α-hetero) is 1. The molecule has 4 rings (SSSR count). The number of esters is 4. The lowest BCUT2D eigenvalue weighted by atomic mass is 9.47. The highest BCUT2D eigenvalue weighted by Gasteiger charge is 2.71. The quantitative estimate of drug-likeness (QED) is 0.203. The Kier molecular flexibility index (Phi) is 9.53. The van der Waals surface area contributed by atoms with Gasteiger partial charge in [-0.3, -0.25) is 19.2 Å². The Morgan fingerprint density at radius 3 is 2.04 bits per heavy atom. The number of ketones is 1. The molecule has 2 N–H and O–H groups in total. The van der Waals surface area contributed by atoms with Gasteiger partial charge in [-0.2, -0.15) is 0 Å². The molecule has 46 heavy (non-hydrogen) atoms. The summed E-state index contributed by atoms with van der Waals surface area (Å²) in [5.41, 5.74) is -4.00. The zero-order valence-electron chi connectivity index (χ0n) is 27.2. The number of carbonyl (C=O) groups excluding carboxylic acids is 5. The topological polar surface area (TPSA) is 163 Å². The van der Waals surface area contributed by atoms with Crippen LogP contribution in [-0.4, -0.2) is 76.0 Å². The minimum absolute atomic E-state index is 0.144. The van der Waals surface area contributed by atoms with Gasteiger partial charge in [0.05, 0.1) is 6.10 Å². The summed E-state index contributed by atoms with van der Waals surface area (Å²) in [6.07, 6.45) is -4.98. The lowest BCUT2D eigenvalue weighted by Gasteiger charge is -2.62. The third-order valence-corrected chi connectivity index (χ3v) is 9.94. The van der Waals surface area contributed by atoms with Crippen LogP contribution in [-0.2, 0) is 42.9 Å². The number of hydrogen-bond acceptors (Lipinski definition) is 11. The van der Waals surface area contributed by atoms with Gasteiger partial charge in [-0.1, -0.05) is 57.7 Å². The second-order valence-electron chi connectivity index (χ2n) is 13.1. The van der Waals surface area contributed by atoms with Crippen LogP contribution in [0.15, 0.2) is 59.7 Å². The molecule has 0 aromatic heterocycles. The first-order valence-corrected chi connectivity index (χ1v) is 15.1. The Balaban J connectivity index is 1.95. The largest absolute Gasteiger partial charge is 0.459 e. The molecule has 0 saturated heterocycles. The van der Waals surface area contributed by atoms with Crippen molar-refractivity contribution in [1.82, 2.24) is 0 Å². The molecule has 0 spiro atoms. The summed E-state index contributed by atoms with van der Waals surface area (Å²) in [6.45, 7) is 14.0. The van der Waals surface area contributed by atoms with Crippen molar-refractivity contribution in [1.29, 1.82) is 0 Å². The predicted octanol–water partition coefficient (Wildman–Crippen LogP) is 3.41. The van der Waals surface area contributed by atoms with Crippen LogP contribution in [0.3, 0.4) is 0 Å². The first-order valence-electron chi connectivity index (χ1n) is 15.1. The molecule has 11 heteroatoms. The summed E-state index contributed by atoms with van der Waals surface area (Å²) in [5, 5.41) is 24.6. The average Bonchev–Trinajstić information content (AvgIpc) is 2.95. The van der Waals surface area contributed by atoms with Crippen LogP contribution in [0.25, 0.3) is 6.08 Å². The second-order valence-corrected chi connectivity index (χ2v) is 13.1. The summed E-state index contributed by atoms with van der Waals surface area (Å²) in [7, 11) is 0. The van der Waals surface area contributed by atoms with Gasteiger partial charge < -0.3 is 29.2 Å². The third-order valence-electron chi connectivity index (χ3n) is 9.94. The van der Waals surface area contributed by atoms with Crippen molar-refractivity contribution >= 4 is 35.7 Å². The fourth-order valence-electron chi connectivity index (χ4n) is 7.57. The summed E-state index contributed by atoms with van der Waals surface area (Å²) in [4.78, 5) is 64.6. The van der Waals surface area contributed by atoms with Gasteiger partial charge >= 0.3 is 23.9 Å². The summed E-state index contributed by atoms with van der Waals surface area (Å²) in [5.74, 6) is -4.88. The van der Waals surface area contributed by atoms with Crippen LogP contribution >= 0.6 is 0 Å². The maximum absolute atomic E-state index is 13.6. The highest BCUT2D eigenvalue weighted by Crippen LogP contribution is 2.62. The molecule has 0 heterocycles. The van der Waals surface area contributed by atoms with Crippen molar-refractivity contribution in [2.75, 3.05) is 0 Å². The van der Waals surface area contributed by atoms with Crippen molar-refractivity contribution in [2.45, 2.75) is 97.4 Å². The molecule has 2 saturated carbocycles. The normalized spacial score (nSPS) is 33.8. The van der Waals surface area contributed by atoms with Gasteiger partial charge in [0, 0.05) is 56.4 Å². The Labute approximate surface area is 268 Å². The number of fused-ring (bicyclic) bond motifs is 3. The van der Waals surface area contributed by atoms with E-state index in [-0.39, 0.29) is 23.1 Å². The molecule has 0 aliphatic heterocycles. The molecule has 3 aliphatic carbocycles. The van der Waals surface area contributed by atoms with E-state index in [0.717, 1.165) is 26.3 Å². The first-order chi connectivity index (χ1) is 21.4. The Morgan fingerprint density at radius 1 is 0.913 bits per heavy atom. The summed E-state index contributed by atoms with van der Waals surface area (Å²) >= 11 is 0. The van der Waals surface area contributed by atoms with E-state index in [4.69, 9.17) is 18.9 Å². The van der Waals surface area contributed by atoms with Crippen molar-refractivity contribution in [3.8, 4) is 0 Å². The van der Waals surface area contributed by atoms with Gasteiger partial charge in [0.15, 0.2) is 18.0 Å². The lowest BCUT2D eigenvalue weighted by molar-refractivity contribution is -0.250. The van der Waals surface area contributed by atoms with Crippen LogP contribution in [0.4, 0.5) is 0 Å². The third kappa shape index (κ3) is 5.93.